The van der Waals surface area contributed by atoms with Gasteiger partial charge in [0.05, 0.1) is 6.54 Å². The van der Waals surface area contributed by atoms with Crippen LogP contribution in [0.4, 0.5) is 0 Å². The van der Waals surface area contributed by atoms with Gasteiger partial charge in [0.2, 0.25) is 0 Å². The van der Waals surface area contributed by atoms with E-state index in [1.165, 1.54) is 12.8 Å². The Hall–Kier alpha value is -2.43. The normalized spacial score (nSPS) is 20.2. The van der Waals surface area contributed by atoms with Crippen LogP contribution in [0.3, 0.4) is 0 Å². The van der Waals surface area contributed by atoms with E-state index in [4.69, 9.17) is 29.0 Å². The second-order valence-electron chi connectivity index (χ2n) is 7.63. The molecule has 0 spiro atoms. The summed E-state index contributed by atoms with van der Waals surface area (Å²) in [6.07, 6.45) is 4.77. The summed E-state index contributed by atoms with van der Waals surface area (Å²) in [4.78, 5) is 36.3. The number of amides is 1. The van der Waals surface area contributed by atoms with Crippen molar-refractivity contribution in [3.63, 3.8) is 0 Å². The summed E-state index contributed by atoms with van der Waals surface area (Å²) in [5, 5.41) is 13.8. The molecule has 1 aromatic heterocycles. The molecule has 4 heterocycles. The van der Waals surface area contributed by atoms with Gasteiger partial charge in [-0.25, -0.2) is 0 Å². The Morgan fingerprint density at radius 1 is 0.968 bits per heavy atom. The van der Waals surface area contributed by atoms with Crippen LogP contribution < -0.4 is 0 Å². The molecule has 0 saturated carbocycles. The third-order valence-corrected chi connectivity index (χ3v) is 5.76. The van der Waals surface area contributed by atoms with Crippen molar-refractivity contribution in [1.29, 1.82) is 0 Å². The van der Waals surface area contributed by atoms with E-state index in [0.29, 0.717) is 11.8 Å². The molecule has 2 N–H and O–H groups in total. The number of furan rings is 1. The summed E-state index contributed by atoms with van der Waals surface area (Å²) in [5.41, 5.74) is 0. The summed E-state index contributed by atoms with van der Waals surface area (Å²) >= 11 is 0. The van der Waals surface area contributed by atoms with Gasteiger partial charge in [0.15, 0.2) is 5.76 Å². The minimum Gasteiger partial charge on any atom is -0.483 e. The SMILES string of the molecule is O=C(c1ccc(CN2CCCC2)o1)N1CCN(C2CCOCC2)CC1.O=CO.O=CO. The first-order chi connectivity index (χ1) is 15.1. The molecule has 3 fully saturated rings. The van der Waals surface area contributed by atoms with Crippen molar-refractivity contribution in [2.45, 2.75) is 38.3 Å². The third-order valence-electron chi connectivity index (χ3n) is 5.76. The monoisotopic (exact) mass is 439 g/mol. The van der Waals surface area contributed by atoms with Crippen LogP contribution in [-0.4, -0.2) is 102 Å². The molecule has 0 radical (unpaired) electrons. The molecule has 10 heteroatoms. The Bertz CT molecular complexity index is 656. The molecular weight excluding hydrogens is 406 g/mol. The average molecular weight is 440 g/mol. The predicted molar refractivity (Wildman–Crippen MR) is 112 cm³/mol. The molecule has 174 valence electrons. The number of hydrogen-bond acceptors (Lipinski definition) is 7. The molecular formula is C21H33N3O7. The number of hydrogen-bond donors (Lipinski definition) is 2. The van der Waals surface area contributed by atoms with Gasteiger partial charge in [-0.05, 0) is 50.9 Å². The molecule has 3 aliphatic rings. The lowest BCUT2D eigenvalue weighted by molar-refractivity contribution is -0.123. The standard InChI is InChI=1S/C19H29N3O3.2CH2O2/c23-19(18-4-3-17(25-18)15-20-7-1-2-8-20)22-11-9-21(10-12-22)16-5-13-24-14-6-16;2*2-1-3/h3-4,16H,1-2,5-15H2;2*1H,(H,2,3). The largest absolute Gasteiger partial charge is 0.483 e. The van der Waals surface area contributed by atoms with E-state index >= 15 is 0 Å². The van der Waals surface area contributed by atoms with Crippen LogP contribution in [0, 0.1) is 0 Å². The topological polar surface area (TPSA) is 124 Å². The van der Waals surface area contributed by atoms with Gasteiger partial charge >= 0.3 is 0 Å². The molecule has 4 rings (SSSR count). The number of carboxylic acid groups (broad SMARTS) is 2. The Morgan fingerprint density at radius 2 is 1.55 bits per heavy atom. The van der Waals surface area contributed by atoms with Crippen LogP contribution in [0.5, 0.6) is 0 Å². The van der Waals surface area contributed by atoms with Crippen molar-refractivity contribution < 1.29 is 33.8 Å². The third kappa shape index (κ3) is 7.97. The van der Waals surface area contributed by atoms with Gasteiger partial charge in [0.1, 0.15) is 5.76 Å². The predicted octanol–water partition coefficient (Wildman–Crippen LogP) is 1.21. The maximum absolute atomic E-state index is 12.7. The van der Waals surface area contributed by atoms with Gasteiger partial charge in [-0.1, -0.05) is 0 Å². The first-order valence-electron chi connectivity index (χ1n) is 10.7. The lowest BCUT2D eigenvalue weighted by atomic mass is 10.1. The quantitative estimate of drug-likeness (QED) is 0.666. The first kappa shape index (κ1) is 24.8. The molecule has 0 unspecified atom stereocenters. The maximum atomic E-state index is 12.7. The Labute approximate surface area is 182 Å². The molecule has 1 amide bonds. The number of ether oxygens (including phenoxy) is 1. The summed E-state index contributed by atoms with van der Waals surface area (Å²) in [7, 11) is 0. The number of likely N-dealkylation sites (tertiary alicyclic amines) is 1. The van der Waals surface area contributed by atoms with Crippen molar-refractivity contribution >= 4 is 18.9 Å². The Balaban J connectivity index is 0.000000513. The highest BCUT2D eigenvalue weighted by molar-refractivity contribution is 5.91. The van der Waals surface area contributed by atoms with Crippen molar-refractivity contribution in [2.24, 2.45) is 0 Å². The second-order valence-corrected chi connectivity index (χ2v) is 7.63. The van der Waals surface area contributed by atoms with Crippen LogP contribution in [0.15, 0.2) is 16.5 Å². The maximum Gasteiger partial charge on any atom is 0.290 e. The fourth-order valence-electron chi connectivity index (χ4n) is 4.24. The summed E-state index contributed by atoms with van der Waals surface area (Å²) in [5.74, 6) is 1.44. The van der Waals surface area contributed by atoms with Crippen LogP contribution in [0.25, 0.3) is 0 Å². The molecule has 0 atom stereocenters. The molecule has 3 aliphatic heterocycles. The fraction of sp³-hybridized carbons (Fsp3) is 0.667. The molecule has 0 bridgehead atoms. The van der Waals surface area contributed by atoms with E-state index < -0.39 is 0 Å². The van der Waals surface area contributed by atoms with Gasteiger partial charge in [-0.2, -0.15) is 0 Å². The number of carbonyl (C=O) groups excluding carboxylic acids is 1. The van der Waals surface area contributed by atoms with E-state index in [1.54, 1.807) is 0 Å². The van der Waals surface area contributed by atoms with Crippen molar-refractivity contribution in [3.8, 4) is 0 Å². The number of nitrogens with zero attached hydrogens (tertiary/aromatic N) is 3. The lowest BCUT2D eigenvalue weighted by Gasteiger charge is -2.40. The van der Waals surface area contributed by atoms with E-state index in [-0.39, 0.29) is 18.9 Å². The zero-order valence-electron chi connectivity index (χ0n) is 17.9. The van der Waals surface area contributed by atoms with Gasteiger partial charge in [0.25, 0.3) is 18.9 Å². The van der Waals surface area contributed by atoms with Crippen LogP contribution >= 0.6 is 0 Å². The van der Waals surface area contributed by atoms with E-state index in [0.717, 1.165) is 77.6 Å². The highest BCUT2D eigenvalue weighted by Crippen LogP contribution is 2.19. The fourth-order valence-corrected chi connectivity index (χ4v) is 4.24. The van der Waals surface area contributed by atoms with Crippen molar-refractivity contribution in [3.05, 3.63) is 23.7 Å². The van der Waals surface area contributed by atoms with Gasteiger partial charge < -0.3 is 24.3 Å². The first-order valence-corrected chi connectivity index (χ1v) is 10.7. The zero-order chi connectivity index (χ0) is 22.5. The molecule has 0 aliphatic carbocycles. The molecule has 31 heavy (non-hydrogen) atoms. The number of piperazine rings is 1. The highest BCUT2D eigenvalue weighted by Gasteiger charge is 2.28. The zero-order valence-corrected chi connectivity index (χ0v) is 17.9. The van der Waals surface area contributed by atoms with E-state index in [2.05, 4.69) is 9.80 Å². The molecule has 0 aromatic carbocycles. The second kappa shape index (κ2) is 13.8. The van der Waals surface area contributed by atoms with E-state index in [1.807, 2.05) is 17.0 Å². The molecule has 3 saturated heterocycles. The van der Waals surface area contributed by atoms with Crippen molar-refractivity contribution in [2.75, 3.05) is 52.5 Å². The number of rotatable bonds is 4. The van der Waals surface area contributed by atoms with Crippen LogP contribution in [-0.2, 0) is 20.9 Å². The van der Waals surface area contributed by atoms with Gasteiger partial charge in [-0.3, -0.25) is 24.2 Å². The number of carbonyl (C=O) groups is 3. The van der Waals surface area contributed by atoms with Gasteiger partial charge in [0, 0.05) is 45.4 Å². The lowest BCUT2D eigenvalue weighted by Crippen LogP contribution is -2.53. The average Bonchev–Trinajstić information content (AvgIpc) is 3.48. The van der Waals surface area contributed by atoms with Gasteiger partial charge in [-0.15, -0.1) is 0 Å². The summed E-state index contributed by atoms with van der Waals surface area (Å²) in [6, 6.07) is 4.43. The Kier molecular flexibility index (Phi) is 11.0. The summed E-state index contributed by atoms with van der Waals surface area (Å²) in [6.45, 7) is 7.83. The van der Waals surface area contributed by atoms with Crippen molar-refractivity contribution in [1.82, 2.24) is 14.7 Å². The Morgan fingerprint density at radius 3 is 2.13 bits per heavy atom. The van der Waals surface area contributed by atoms with Crippen LogP contribution in [0.1, 0.15) is 42.0 Å². The minimum atomic E-state index is -0.250. The molecule has 1 aromatic rings. The summed E-state index contributed by atoms with van der Waals surface area (Å²) < 4.78 is 11.3. The van der Waals surface area contributed by atoms with Crippen LogP contribution in [0.2, 0.25) is 0 Å². The smallest absolute Gasteiger partial charge is 0.290 e. The molecule has 10 nitrogen and oxygen atoms in total. The minimum absolute atomic E-state index is 0.0410. The highest BCUT2D eigenvalue weighted by atomic mass is 16.5. The van der Waals surface area contributed by atoms with E-state index in [9.17, 15) is 4.79 Å².